The van der Waals surface area contributed by atoms with E-state index in [4.69, 9.17) is 10.5 Å². The Morgan fingerprint density at radius 2 is 1.92 bits per heavy atom. The summed E-state index contributed by atoms with van der Waals surface area (Å²) >= 11 is 3.35. The number of carbonyl (C=O) groups is 3. The Balaban J connectivity index is 1.57. The molecule has 1 saturated heterocycles. The van der Waals surface area contributed by atoms with Gasteiger partial charge in [-0.05, 0) is 36.5 Å². The molecule has 2 bridgehead atoms. The van der Waals surface area contributed by atoms with Crippen molar-refractivity contribution in [3.05, 3.63) is 40.4 Å². The van der Waals surface area contributed by atoms with Crippen LogP contribution in [0.1, 0.15) is 12.0 Å². The molecule has 0 aromatic heterocycles. The normalized spacial score (nSPS) is 29.0. The first kappa shape index (κ1) is 17.0. The molecule has 1 aromatic rings. The minimum Gasteiger partial charge on any atom is -0.483 e. The third-order valence-corrected chi connectivity index (χ3v) is 5.59. The molecular weight excluding hydrogens is 402 g/mol. The summed E-state index contributed by atoms with van der Waals surface area (Å²) in [5.74, 6) is -1.01. The molecule has 4 atom stereocenters. The maximum atomic E-state index is 12.6. The summed E-state index contributed by atoms with van der Waals surface area (Å²) in [6.07, 6.45) is 6.34. The number of primary amides is 1. The molecule has 26 heavy (non-hydrogen) atoms. The van der Waals surface area contributed by atoms with Gasteiger partial charge in [0.25, 0.3) is 17.7 Å². The lowest BCUT2D eigenvalue weighted by atomic mass is 9.85. The zero-order chi connectivity index (χ0) is 18.4. The highest BCUT2D eigenvalue weighted by atomic mass is 79.9. The number of hydrogen-bond acceptors (Lipinski definition) is 5. The van der Waals surface area contributed by atoms with E-state index >= 15 is 0 Å². The highest BCUT2D eigenvalue weighted by molar-refractivity contribution is 9.10. The van der Waals surface area contributed by atoms with Crippen LogP contribution in [0.5, 0.6) is 5.75 Å². The number of carbonyl (C=O) groups excluding carboxylic acids is 3. The van der Waals surface area contributed by atoms with Gasteiger partial charge in [0.15, 0.2) is 6.61 Å². The Labute approximate surface area is 158 Å². The second kappa shape index (κ2) is 6.35. The Hall–Kier alpha value is -2.48. The van der Waals surface area contributed by atoms with Crippen LogP contribution in [0.2, 0.25) is 0 Å². The number of hydrazone groups is 1. The minimum atomic E-state index is -0.600. The molecule has 7 nitrogen and oxygen atoms in total. The lowest BCUT2D eigenvalue weighted by molar-refractivity contribution is -0.140. The third kappa shape index (κ3) is 2.74. The number of rotatable bonds is 5. The lowest BCUT2D eigenvalue weighted by Crippen LogP contribution is -2.28. The fraction of sp³-hybridized carbons (Fsp3) is 0.333. The maximum absolute atomic E-state index is 12.6. The summed E-state index contributed by atoms with van der Waals surface area (Å²) in [6.45, 7) is -0.275. The summed E-state index contributed by atoms with van der Waals surface area (Å²) in [5.41, 5.74) is 5.63. The van der Waals surface area contributed by atoms with Crippen LogP contribution in [-0.4, -0.2) is 35.6 Å². The van der Waals surface area contributed by atoms with Crippen molar-refractivity contribution in [3.8, 4) is 5.75 Å². The van der Waals surface area contributed by atoms with E-state index in [0.717, 1.165) is 15.9 Å². The predicted molar refractivity (Wildman–Crippen MR) is 96.0 cm³/mol. The molecule has 0 spiro atoms. The average molecular weight is 418 g/mol. The molecule has 8 heteroatoms. The number of benzene rings is 1. The Morgan fingerprint density at radius 3 is 2.54 bits per heavy atom. The molecule has 0 radical (unpaired) electrons. The van der Waals surface area contributed by atoms with Crippen molar-refractivity contribution in [3.63, 3.8) is 0 Å². The van der Waals surface area contributed by atoms with Gasteiger partial charge in [0.2, 0.25) is 0 Å². The van der Waals surface area contributed by atoms with Crippen LogP contribution in [0.25, 0.3) is 0 Å². The zero-order valence-electron chi connectivity index (χ0n) is 13.7. The van der Waals surface area contributed by atoms with Crippen LogP contribution >= 0.6 is 15.9 Å². The Kier molecular flexibility index (Phi) is 4.14. The van der Waals surface area contributed by atoms with E-state index in [0.29, 0.717) is 11.3 Å². The van der Waals surface area contributed by atoms with Gasteiger partial charge in [0.1, 0.15) is 5.75 Å². The number of hydrogen-bond donors (Lipinski definition) is 1. The molecule has 1 aliphatic heterocycles. The van der Waals surface area contributed by atoms with Crippen LogP contribution in [0.15, 0.2) is 39.9 Å². The molecule has 3 aliphatic rings. The minimum absolute atomic E-state index is 0.141. The molecule has 0 unspecified atom stereocenters. The number of amides is 3. The predicted octanol–water partition coefficient (Wildman–Crippen LogP) is 1.45. The van der Waals surface area contributed by atoms with Crippen molar-refractivity contribution in [2.24, 2.45) is 34.5 Å². The highest BCUT2D eigenvalue weighted by Gasteiger charge is 2.59. The Morgan fingerprint density at radius 1 is 1.27 bits per heavy atom. The second-order valence-electron chi connectivity index (χ2n) is 6.67. The maximum Gasteiger partial charge on any atom is 0.255 e. The van der Waals surface area contributed by atoms with Gasteiger partial charge in [-0.15, -0.1) is 0 Å². The Bertz CT molecular complexity index is 836. The quantitative estimate of drug-likeness (QED) is 0.444. The van der Waals surface area contributed by atoms with E-state index in [2.05, 4.69) is 21.0 Å². The topological polar surface area (TPSA) is 102 Å². The number of ether oxygens (including phenoxy) is 1. The van der Waals surface area contributed by atoms with Gasteiger partial charge in [-0.1, -0.05) is 28.1 Å². The number of halogens is 1. The summed E-state index contributed by atoms with van der Waals surface area (Å²) in [6, 6.07) is 5.12. The van der Waals surface area contributed by atoms with Crippen LogP contribution in [0.4, 0.5) is 0 Å². The van der Waals surface area contributed by atoms with Crippen LogP contribution in [0.3, 0.4) is 0 Å². The van der Waals surface area contributed by atoms with Crippen LogP contribution < -0.4 is 10.5 Å². The summed E-state index contributed by atoms with van der Waals surface area (Å²) in [7, 11) is 0. The van der Waals surface area contributed by atoms with E-state index in [1.807, 2.05) is 12.2 Å². The van der Waals surface area contributed by atoms with Crippen molar-refractivity contribution >= 4 is 39.9 Å². The van der Waals surface area contributed by atoms with Crippen molar-refractivity contribution in [2.45, 2.75) is 6.42 Å². The molecule has 2 N–H and O–H groups in total. The standard InChI is InChI=1S/C18H16BrN3O4/c19-12-3-4-13(26-8-14(20)23)11(6-12)7-21-22-17(24)15-9-1-2-10(5-9)16(15)18(22)25/h1-4,6-7,9-10,15-16H,5,8H2,(H2,20,23)/t9-,10-,15-,16+/m0/s1. The summed E-state index contributed by atoms with van der Waals surface area (Å²) < 4.78 is 6.12. The van der Waals surface area contributed by atoms with E-state index in [-0.39, 0.29) is 42.1 Å². The number of allylic oxidation sites excluding steroid dienone is 2. The number of nitrogens with zero attached hydrogens (tertiary/aromatic N) is 2. The van der Waals surface area contributed by atoms with Crippen LogP contribution in [0, 0.1) is 23.7 Å². The van der Waals surface area contributed by atoms with Crippen molar-refractivity contribution in [2.75, 3.05) is 6.61 Å². The van der Waals surface area contributed by atoms with Gasteiger partial charge in [0.05, 0.1) is 18.1 Å². The van der Waals surface area contributed by atoms with Gasteiger partial charge < -0.3 is 10.5 Å². The smallest absolute Gasteiger partial charge is 0.255 e. The van der Waals surface area contributed by atoms with Crippen molar-refractivity contribution in [1.82, 2.24) is 5.01 Å². The first-order chi connectivity index (χ1) is 12.5. The largest absolute Gasteiger partial charge is 0.483 e. The fourth-order valence-corrected chi connectivity index (χ4v) is 4.40. The van der Waals surface area contributed by atoms with Gasteiger partial charge >= 0.3 is 0 Å². The molecule has 2 fully saturated rings. The monoisotopic (exact) mass is 417 g/mol. The van der Waals surface area contributed by atoms with Gasteiger partial charge in [-0.3, -0.25) is 14.4 Å². The molecule has 1 aromatic carbocycles. The first-order valence-corrected chi connectivity index (χ1v) is 9.06. The molecule has 134 valence electrons. The average Bonchev–Trinajstić information content (AvgIpc) is 3.27. The lowest BCUT2D eigenvalue weighted by Gasteiger charge is -2.13. The fourth-order valence-electron chi connectivity index (χ4n) is 4.02. The summed E-state index contributed by atoms with van der Waals surface area (Å²) in [4.78, 5) is 36.2. The van der Waals surface area contributed by atoms with Gasteiger partial charge in [-0.25, -0.2) is 0 Å². The highest BCUT2D eigenvalue weighted by Crippen LogP contribution is 2.52. The number of nitrogens with two attached hydrogens (primary N) is 1. The molecule has 1 saturated carbocycles. The number of fused-ring (bicyclic) bond motifs is 5. The SMILES string of the molecule is NC(=O)COc1ccc(Br)cc1C=NN1C(=O)[C@@H]2[C@H](C1=O)[C@H]1C=C[C@H]2C1. The van der Waals surface area contributed by atoms with Crippen molar-refractivity contribution in [1.29, 1.82) is 0 Å². The van der Waals surface area contributed by atoms with Gasteiger partial charge in [-0.2, -0.15) is 10.1 Å². The second-order valence-corrected chi connectivity index (χ2v) is 7.59. The first-order valence-electron chi connectivity index (χ1n) is 8.26. The third-order valence-electron chi connectivity index (χ3n) is 5.10. The van der Waals surface area contributed by atoms with E-state index in [1.54, 1.807) is 18.2 Å². The van der Waals surface area contributed by atoms with Crippen molar-refractivity contribution < 1.29 is 19.1 Å². The van der Waals surface area contributed by atoms with E-state index < -0.39 is 5.91 Å². The summed E-state index contributed by atoms with van der Waals surface area (Å²) in [5, 5.41) is 5.10. The zero-order valence-corrected chi connectivity index (χ0v) is 15.3. The van der Waals surface area contributed by atoms with Crippen LogP contribution in [-0.2, 0) is 14.4 Å². The van der Waals surface area contributed by atoms with E-state index in [9.17, 15) is 14.4 Å². The number of imide groups is 1. The molecule has 3 amide bonds. The van der Waals surface area contributed by atoms with Gasteiger partial charge in [0, 0.05) is 10.0 Å². The molecule has 4 rings (SSSR count). The molecular formula is C18H16BrN3O4. The molecule has 2 aliphatic carbocycles. The molecule has 1 heterocycles. The van der Waals surface area contributed by atoms with E-state index in [1.165, 1.54) is 6.21 Å².